The van der Waals surface area contributed by atoms with Crippen LogP contribution >= 0.6 is 0 Å². The lowest BCUT2D eigenvalue weighted by molar-refractivity contribution is -0.0945. The van der Waals surface area contributed by atoms with E-state index in [9.17, 15) is 13.2 Å². The predicted molar refractivity (Wildman–Crippen MR) is 170 cm³/mol. The van der Waals surface area contributed by atoms with Crippen molar-refractivity contribution in [1.29, 1.82) is 0 Å². The molecule has 0 unspecified atom stereocenters. The molecule has 2 nitrogen and oxygen atoms in total. The van der Waals surface area contributed by atoms with Gasteiger partial charge in [0.25, 0.3) is 0 Å². The van der Waals surface area contributed by atoms with Crippen LogP contribution in [0.2, 0.25) is 0 Å². The van der Waals surface area contributed by atoms with Crippen LogP contribution in [0.5, 0.6) is 0 Å². The van der Waals surface area contributed by atoms with E-state index in [1.165, 1.54) is 77.8 Å². The summed E-state index contributed by atoms with van der Waals surface area (Å²) in [7, 11) is 3.93. The zero-order valence-electron chi connectivity index (χ0n) is 25.9. The summed E-state index contributed by atoms with van der Waals surface area (Å²) < 4.78 is 36.7. The molecule has 5 heteroatoms. The van der Waals surface area contributed by atoms with Gasteiger partial charge < -0.3 is 10.6 Å². The minimum Gasteiger partial charge on any atom is -0.391 e. The Bertz CT molecular complexity index is 998. The van der Waals surface area contributed by atoms with Crippen LogP contribution in [0.3, 0.4) is 0 Å². The van der Waals surface area contributed by atoms with Gasteiger partial charge in [-0.15, -0.1) is 0 Å². The molecule has 0 atom stereocenters. The zero-order chi connectivity index (χ0) is 30.6. The minimum atomic E-state index is -4.20. The summed E-state index contributed by atoms with van der Waals surface area (Å²) >= 11 is 0. The van der Waals surface area contributed by atoms with Gasteiger partial charge in [-0.05, 0) is 114 Å². The van der Waals surface area contributed by atoms with E-state index in [0.29, 0.717) is 6.42 Å². The van der Waals surface area contributed by atoms with Crippen molar-refractivity contribution in [2.24, 2.45) is 0 Å². The van der Waals surface area contributed by atoms with Crippen LogP contribution in [0, 0.1) is 0 Å². The van der Waals surface area contributed by atoms with Crippen LogP contribution in [0.1, 0.15) is 85.5 Å². The van der Waals surface area contributed by atoms with Gasteiger partial charge in [0, 0.05) is 18.3 Å². The number of halogens is 3. The van der Waals surface area contributed by atoms with E-state index in [0.717, 1.165) is 19.4 Å². The summed E-state index contributed by atoms with van der Waals surface area (Å²) in [5, 5.41) is 6.22. The SMILES string of the molecule is C=C(/C=C(/C)CCCCCCNC)C1=C(C)C=CCC1.C=C/C(C)=C(/C)NC.C=CC1=C(C(F)(F)F)CCC=C1. The van der Waals surface area contributed by atoms with Gasteiger partial charge in [-0.1, -0.05) is 80.7 Å². The van der Waals surface area contributed by atoms with Crippen molar-refractivity contribution < 1.29 is 13.2 Å². The second-order valence-electron chi connectivity index (χ2n) is 10.2. The van der Waals surface area contributed by atoms with E-state index in [-0.39, 0.29) is 12.0 Å². The van der Waals surface area contributed by atoms with E-state index in [1.54, 1.807) is 6.08 Å². The van der Waals surface area contributed by atoms with Gasteiger partial charge in [0.15, 0.2) is 0 Å². The maximum Gasteiger partial charge on any atom is 0.413 e. The van der Waals surface area contributed by atoms with Crippen LogP contribution in [0.25, 0.3) is 0 Å². The fourth-order valence-electron chi connectivity index (χ4n) is 4.25. The lowest BCUT2D eigenvalue weighted by atomic mass is 9.91. The summed E-state index contributed by atoms with van der Waals surface area (Å²) in [5.74, 6) is 0. The topological polar surface area (TPSA) is 24.1 Å². The Morgan fingerprint density at radius 2 is 1.57 bits per heavy atom. The average molecular weight is 559 g/mol. The lowest BCUT2D eigenvalue weighted by Crippen LogP contribution is -2.14. The number of nitrogens with one attached hydrogen (secondary N) is 2. The van der Waals surface area contributed by atoms with Crippen molar-refractivity contribution in [1.82, 2.24) is 10.6 Å². The second kappa shape index (κ2) is 21.0. The fourth-order valence-corrected chi connectivity index (χ4v) is 4.25. The maximum absolute atomic E-state index is 12.2. The highest BCUT2D eigenvalue weighted by Crippen LogP contribution is 2.34. The van der Waals surface area contributed by atoms with Crippen LogP contribution < -0.4 is 10.6 Å². The zero-order valence-corrected chi connectivity index (χ0v) is 25.9. The summed E-state index contributed by atoms with van der Waals surface area (Å²) in [6.45, 7) is 20.9. The number of rotatable bonds is 12. The Labute approximate surface area is 243 Å². The van der Waals surface area contributed by atoms with Crippen molar-refractivity contribution in [3.8, 4) is 0 Å². The van der Waals surface area contributed by atoms with Crippen molar-refractivity contribution in [3.05, 3.63) is 107 Å². The molecule has 0 aromatic carbocycles. The second-order valence-corrected chi connectivity index (χ2v) is 10.2. The van der Waals surface area contributed by atoms with Crippen LogP contribution in [-0.4, -0.2) is 26.8 Å². The molecule has 0 aromatic rings. The third kappa shape index (κ3) is 15.7. The van der Waals surface area contributed by atoms with Crippen LogP contribution in [-0.2, 0) is 0 Å². The molecule has 0 saturated carbocycles. The number of alkyl halides is 3. The van der Waals surface area contributed by atoms with E-state index in [4.69, 9.17) is 0 Å². The molecule has 0 amide bonds. The standard InChI is InChI=1S/C19H31N.C9H9F3.C7H13N/c1-16(11-7-5-6-10-14-20-4)15-18(3)19-13-9-8-12-17(19)2;1-2-7-5-3-4-6-8(7)9(10,11)12;1-5-6(2)7(3)8-4/h8,12,15,20H,3,5-7,9-11,13-14H2,1-2,4H3;2-3,5H,1,4,6H2;5,8H,1H2,2-4H3/b16-15-;;7-6-. The van der Waals surface area contributed by atoms with Gasteiger partial charge in [0.2, 0.25) is 0 Å². The minimum absolute atomic E-state index is 0.0708. The molecule has 2 rings (SSSR count). The van der Waals surface area contributed by atoms with Crippen molar-refractivity contribution in [3.63, 3.8) is 0 Å². The Balaban J connectivity index is 0.000000642. The first-order valence-corrected chi connectivity index (χ1v) is 14.4. The molecule has 40 heavy (non-hydrogen) atoms. The van der Waals surface area contributed by atoms with Crippen molar-refractivity contribution >= 4 is 0 Å². The highest BCUT2D eigenvalue weighted by atomic mass is 19.4. The molecule has 0 heterocycles. The molecule has 2 aliphatic carbocycles. The van der Waals surface area contributed by atoms with Crippen LogP contribution in [0.15, 0.2) is 107 Å². The van der Waals surface area contributed by atoms with E-state index < -0.39 is 11.7 Å². The Hall–Kier alpha value is -2.79. The molecule has 2 aliphatic rings. The molecule has 224 valence electrons. The Kier molecular flexibility index (Phi) is 19.6. The van der Waals surface area contributed by atoms with Gasteiger partial charge >= 0.3 is 6.18 Å². The Morgan fingerprint density at radius 1 is 0.950 bits per heavy atom. The first-order chi connectivity index (χ1) is 18.9. The summed E-state index contributed by atoms with van der Waals surface area (Å²) in [6, 6.07) is 0. The smallest absolute Gasteiger partial charge is 0.391 e. The van der Waals surface area contributed by atoms with Crippen molar-refractivity contribution in [2.75, 3.05) is 20.6 Å². The predicted octanol–water partition coefficient (Wildman–Crippen LogP) is 10.4. The number of hydrogen-bond donors (Lipinski definition) is 2. The molecule has 2 N–H and O–H groups in total. The summed E-state index contributed by atoms with van der Waals surface area (Å²) in [5.41, 5.74) is 7.65. The number of hydrogen-bond acceptors (Lipinski definition) is 2. The molecule has 0 saturated heterocycles. The Morgan fingerprint density at radius 3 is 2.08 bits per heavy atom. The molecule has 0 aliphatic heterocycles. The number of allylic oxidation sites excluding steroid dienone is 15. The third-order valence-electron chi connectivity index (χ3n) is 7.00. The summed E-state index contributed by atoms with van der Waals surface area (Å²) in [4.78, 5) is 0. The van der Waals surface area contributed by atoms with E-state index in [2.05, 4.69) is 62.4 Å². The highest BCUT2D eigenvalue weighted by Gasteiger charge is 2.35. The van der Waals surface area contributed by atoms with E-state index in [1.807, 2.05) is 34.0 Å². The quantitative estimate of drug-likeness (QED) is 0.184. The molecule has 0 fully saturated rings. The number of unbranched alkanes of at least 4 members (excludes halogenated alkanes) is 3. The maximum atomic E-state index is 12.2. The molecule has 0 spiro atoms. The molecule has 0 aromatic heterocycles. The van der Waals surface area contributed by atoms with Gasteiger partial charge in [-0.2, -0.15) is 13.2 Å². The van der Waals surface area contributed by atoms with Crippen LogP contribution in [0.4, 0.5) is 13.2 Å². The molecular weight excluding hydrogens is 505 g/mol. The highest BCUT2D eigenvalue weighted by molar-refractivity contribution is 5.46. The first kappa shape index (κ1) is 37.2. The largest absolute Gasteiger partial charge is 0.413 e. The normalized spacial score (nSPS) is 15.9. The molecule has 0 radical (unpaired) electrons. The van der Waals surface area contributed by atoms with Gasteiger partial charge in [-0.3, -0.25) is 0 Å². The third-order valence-corrected chi connectivity index (χ3v) is 7.00. The fraction of sp³-hybridized carbons (Fsp3) is 0.486. The first-order valence-electron chi connectivity index (χ1n) is 14.4. The van der Waals surface area contributed by atoms with Gasteiger partial charge in [-0.25, -0.2) is 0 Å². The summed E-state index contributed by atoms with van der Waals surface area (Å²) in [6.07, 6.45) is 18.2. The van der Waals surface area contributed by atoms with Gasteiger partial charge in [0.1, 0.15) is 0 Å². The molecule has 0 bridgehead atoms. The lowest BCUT2D eigenvalue weighted by Gasteiger charge is -2.16. The average Bonchev–Trinajstić information content (AvgIpc) is 2.94. The van der Waals surface area contributed by atoms with Gasteiger partial charge in [0.05, 0.1) is 0 Å². The monoisotopic (exact) mass is 558 g/mol. The van der Waals surface area contributed by atoms with E-state index >= 15 is 0 Å². The molecular formula is C35H53F3N2. The van der Waals surface area contributed by atoms with Crippen molar-refractivity contribution in [2.45, 2.75) is 91.7 Å².